The number of unbranched alkanes of at least 4 members (excludes halogenated alkanes) is 26. The van der Waals surface area contributed by atoms with Gasteiger partial charge < -0.3 is 18.9 Å². The minimum Gasteiger partial charge on any atom is -0.466 e. The number of nitrogens with zero attached hydrogens (tertiary/aromatic N) is 3. The van der Waals surface area contributed by atoms with Crippen LogP contribution in [0.2, 0.25) is 0 Å². The van der Waals surface area contributed by atoms with Crippen LogP contribution >= 0.6 is 0 Å². The highest BCUT2D eigenvalue weighted by Gasteiger charge is 2.19. The Kier molecular flexibility index (Phi) is 42.8. The first-order valence-corrected chi connectivity index (χ1v) is 27.5. The Balaban J connectivity index is 2.33. The smallest absolute Gasteiger partial charge is 0.308 e. The van der Waals surface area contributed by atoms with Crippen LogP contribution in [0.4, 0.5) is 0 Å². The van der Waals surface area contributed by atoms with Crippen molar-refractivity contribution in [3.63, 3.8) is 0 Å². The first kappa shape index (κ1) is 58.1. The van der Waals surface area contributed by atoms with Gasteiger partial charge in [0, 0.05) is 25.4 Å². The zero-order valence-corrected chi connectivity index (χ0v) is 42.0. The molecule has 0 aliphatic rings. The molecule has 1 heterocycles. The molecule has 0 saturated heterocycles. The van der Waals surface area contributed by atoms with Crippen LogP contribution in [0.1, 0.15) is 272 Å². The molecule has 7 heteroatoms. The Bertz CT molecular complexity index is 1060. The Morgan fingerprint density at radius 1 is 0.484 bits per heavy atom. The minimum absolute atomic E-state index is 0.0342. The van der Waals surface area contributed by atoms with Gasteiger partial charge in [0.25, 0.3) is 0 Å². The summed E-state index contributed by atoms with van der Waals surface area (Å²) in [5.74, 6) is 0.698. The molecule has 1 aromatic heterocycles. The van der Waals surface area contributed by atoms with E-state index in [0.717, 1.165) is 84.0 Å². The Morgan fingerprint density at radius 3 is 1.37 bits per heavy atom. The summed E-state index contributed by atoms with van der Waals surface area (Å²) in [6.07, 6.45) is 52.0. The van der Waals surface area contributed by atoms with E-state index in [1.807, 2.05) is 12.5 Å². The number of hydrogen-bond donors (Lipinski definition) is 0. The number of esters is 2. The second kappa shape index (κ2) is 45.7. The summed E-state index contributed by atoms with van der Waals surface area (Å²) >= 11 is 0. The summed E-state index contributed by atoms with van der Waals surface area (Å²) < 4.78 is 13.8. The topological polar surface area (TPSA) is 73.7 Å². The SMILES string of the molecule is CCCCCCCCCCC(CCCCCC)C(=O)OCCCCCCN(CCCCCCCOC(=O)CC(CCCCCC)CCCCCCCCC)CCCn1ccnc1. The lowest BCUT2D eigenvalue weighted by Crippen LogP contribution is -2.28. The van der Waals surface area contributed by atoms with E-state index in [4.69, 9.17) is 9.47 Å². The van der Waals surface area contributed by atoms with Crippen molar-refractivity contribution in [1.29, 1.82) is 0 Å². The molecular formula is C55H105N3O4. The van der Waals surface area contributed by atoms with E-state index >= 15 is 0 Å². The van der Waals surface area contributed by atoms with Crippen molar-refractivity contribution in [3.05, 3.63) is 18.7 Å². The first-order valence-electron chi connectivity index (χ1n) is 27.5. The van der Waals surface area contributed by atoms with E-state index in [1.165, 1.54) is 180 Å². The average Bonchev–Trinajstić information content (AvgIpc) is 3.80. The molecule has 364 valence electrons. The fourth-order valence-electron chi connectivity index (χ4n) is 9.08. The maximum Gasteiger partial charge on any atom is 0.308 e. The predicted octanol–water partition coefficient (Wildman–Crippen LogP) is 16.4. The van der Waals surface area contributed by atoms with Gasteiger partial charge in [0.1, 0.15) is 0 Å². The van der Waals surface area contributed by atoms with Crippen molar-refractivity contribution in [1.82, 2.24) is 14.5 Å². The Hall–Kier alpha value is -1.89. The zero-order valence-electron chi connectivity index (χ0n) is 42.0. The number of rotatable bonds is 49. The van der Waals surface area contributed by atoms with Crippen molar-refractivity contribution in [2.75, 3.05) is 32.8 Å². The highest BCUT2D eigenvalue weighted by molar-refractivity contribution is 5.72. The lowest BCUT2D eigenvalue weighted by atomic mass is 9.91. The quantitative estimate of drug-likeness (QED) is 0.0480. The van der Waals surface area contributed by atoms with Gasteiger partial charge in [0.15, 0.2) is 0 Å². The third kappa shape index (κ3) is 37.5. The summed E-state index contributed by atoms with van der Waals surface area (Å²) in [6, 6.07) is 0. The van der Waals surface area contributed by atoms with E-state index < -0.39 is 0 Å². The van der Waals surface area contributed by atoms with Gasteiger partial charge in [-0.15, -0.1) is 0 Å². The van der Waals surface area contributed by atoms with Crippen LogP contribution in [0.25, 0.3) is 0 Å². The van der Waals surface area contributed by atoms with Crippen LogP contribution < -0.4 is 0 Å². The molecule has 1 rings (SSSR count). The van der Waals surface area contributed by atoms with E-state index in [0.29, 0.717) is 25.6 Å². The van der Waals surface area contributed by atoms with Gasteiger partial charge >= 0.3 is 11.9 Å². The van der Waals surface area contributed by atoms with Crippen LogP contribution in [-0.4, -0.2) is 59.2 Å². The molecule has 0 aliphatic heterocycles. The van der Waals surface area contributed by atoms with Crippen LogP contribution in [0.15, 0.2) is 18.7 Å². The number of aryl methyl sites for hydroxylation is 1. The molecular weight excluding hydrogens is 767 g/mol. The van der Waals surface area contributed by atoms with Crippen LogP contribution in [0.3, 0.4) is 0 Å². The van der Waals surface area contributed by atoms with Crippen LogP contribution in [-0.2, 0) is 25.6 Å². The molecule has 0 fully saturated rings. The summed E-state index contributed by atoms with van der Waals surface area (Å²) in [5.41, 5.74) is 0. The van der Waals surface area contributed by atoms with E-state index in [2.05, 4.69) is 48.3 Å². The van der Waals surface area contributed by atoms with E-state index in [9.17, 15) is 9.59 Å². The van der Waals surface area contributed by atoms with Gasteiger partial charge in [0.2, 0.25) is 0 Å². The molecule has 0 saturated carbocycles. The number of imidazole rings is 1. The maximum absolute atomic E-state index is 13.1. The molecule has 1 aromatic rings. The summed E-state index contributed by atoms with van der Waals surface area (Å²) in [5, 5.41) is 0. The molecule has 0 aliphatic carbocycles. The molecule has 0 aromatic carbocycles. The van der Waals surface area contributed by atoms with E-state index in [-0.39, 0.29) is 17.9 Å². The Labute approximate surface area is 385 Å². The van der Waals surface area contributed by atoms with Crippen molar-refractivity contribution in [2.24, 2.45) is 11.8 Å². The van der Waals surface area contributed by atoms with Crippen LogP contribution in [0, 0.1) is 11.8 Å². The third-order valence-electron chi connectivity index (χ3n) is 13.2. The summed E-state index contributed by atoms with van der Waals surface area (Å²) in [4.78, 5) is 32.8. The largest absolute Gasteiger partial charge is 0.466 e. The highest BCUT2D eigenvalue weighted by Crippen LogP contribution is 2.24. The fourth-order valence-corrected chi connectivity index (χ4v) is 9.08. The number of carbonyl (C=O) groups excluding carboxylic acids is 2. The van der Waals surface area contributed by atoms with Gasteiger partial charge in [-0.3, -0.25) is 9.59 Å². The molecule has 2 unspecified atom stereocenters. The first-order chi connectivity index (χ1) is 30.5. The second-order valence-electron chi connectivity index (χ2n) is 19.2. The summed E-state index contributed by atoms with van der Waals surface area (Å²) in [6.45, 7) is 14.6. The van der Waals surface area contributed by atoms with Crippen molar-refractivity contribution in [3.8, 4) is 0 Å². The summed E-state index contributed by atoms with van der Waals surface area (Å²) in [7, 11) is 0. The standard InChI is InChI=1S/C55H105N3O4/c1-5-9-13-17-19-21-24-32-41-53(40-31-16-12-8-4)55(60)62-49-36-28-26-34-44-57(45-37-46-58-47-42-56-51-58)43-33-25-22-27-35-48-61-54(59)50-52(38-29-15-11-7-3)39-30-23-20-18-14-10-6-2/h42,47,51-53H,5-41,43-46,48-50H2,1-4H3. The normalized spacial score (nSPS) is 12.6. The zero-order chi connectivity index (χ0) is 44.8. The monoisotopic (exact) mass is 872 g/mol. The van der Waals surface area contributed by atoms with Gasteiger partial charge in [-0.2, -0.15) is 0 Å². The molecule has 0 bridgehead atoms. The number of hydrogen-bond acceptors (Lipinski definition) is 6. The van der Waals surface area contributed by atoms with Crippen LogP contribution in [0.5, 0.6) is 0 Å². The molecule has 0 N–H and O–H groups in total. The number of carbonyl (C=O) groups is 2. The van der Waals surface area contributed by atoms with Crippen molar-refractivity contribution in [2.45, 2.75) is 278 Å². The van der Waals surface area contributed by atoms with Gasteiger partial charge in [-0.1, -0.05) is 207 Å². The van der Waals surface area contributed by atoms with E-state index in [1.54, 1.807) is 0 Å². The molecule has 2 atom stereocenters. The fraction of sp³-hybridized carbons (Fsp3) is 0.909. The number of aromatic nitrogens is 2. The molecule has 7 nitrogen and oxygen atoms in total. The molecule has 0 amide bonds. The number of ether oxygens (including phenoxy) is 2. The lowest BCUT2D eigenvalue weighted by Gasteiger charge is -2.22. The van der Waals surface area contributed by atoms with Gasteiger partial charge in [-0.25, -0.2) is 4.98 Å². The van der Waals surface area contributed by atoms with Gasteiger partial charge in [0.05, 0.1) is 25.5 Å². The Morgan fingerprint density at radius 2 is 0.887 bits per heavy atom. The lowest BCUT2D eigenvalue weighted by molar-refractivity contribution is -0.149. The van der Waals surface area contributed by atoms with Crippen molar-refractivity contribution >= 4 is 11.9 Å². The molecule has 62 heavy (non-hydrogen) atoms. The second-order valence-corrected chi connectivity index (χ2v) is 19.2. The minimum atomic E-state index is 0.0342. The maximum atomic E-state index is 13.1. The van der Waals surface area contributed by atoms with Gasteiger partial charge in [-0.05, 0) is 83.3 Å². The molecule has 0 radical (unpaired) electrons. The van der Waals surface area contributed by atoms with Crippen molar-refractivity contribution < 1.29 is 19.1 Å². The predicted molar refractivity (Wildman–Crippen MR) is 266 cm³/mol. The highest BCUT2D eigenvalue weighted by atomic mass is 16.5. The average molecular weight is 872 g/mol. The third-order valence-corrected chi connectivity index (χ3v) is 13.2. The molecule has 0 spiro atoms.